The minimum atomic E-state index is 0. The van der Waals surface area contributed by atoms with Crippen LogP contribution in [-0.2, 0) is 6.54 Å². The Morgan fingerprint density at radius 1 is 1.58 bits per heavy atom. The molecule has 0 amide bonds. The van der Waals surface area contributed by atoms with Crippen molar-refractivity contribution in [3.05, 3.63) is 42.2 Å². The van der Waals surface area contributed by atoms with Crippen LogP contribution in [0.3, 0.4) is 0 Å². The fourth-order valence-electron chi connectivity index (χ4n) is 1.69. The van der Waals surface area contributed by atoms with Crippen LogP contribution < -0.4 is 11.1 Å². The molecule has 0 fully saturated rings. The minimum Gasteiger partial charge on any atom is -0.370 e. The van der Waals surface area contributed by atoms with E-state index in [1.54, 1.807) is 6.08 Å². The molecular weight excluding hydrogens is 353 g/mol. The van der Waals surface area contributed by atoms with Crippen molar-refractivity contribution in [2.45, 2.75) is 13.5 Å². The van der Waals surface area contributed by atoms with E-state index in [-0.39, 0.29) is 24.0 Å². The van der Waals surface area contributed by atoms with Crippen LogP contribution in [0.2, 0.25) is 0 Å². The zero-order valence-corrected chi connectivity index (χ0v) is 13.1. The van der Waals surface area contributed by atoms with Gasteiger partial charge in [-0.15, -0.1) is 30.6 Å². The summed E-state index contributed by atoms with van der Waals surface area (Å²) >= 11 is 0. The smallest absolute Gasteiger partial charge is 0.189 e. The van der Waals surface area contributed by atoms with Crippen LogP contribution in [0.25, 0.3) is 11.0 Å². The topological polar surface area (TPSA) is 79.1 Å². The first kappa shape index (κ1) is 15.5. The van der Waals surface area contributed by atoms with E-state index in [0.29, 0.717) is 19.0 Å². The van der Waals surface area contributed by atoms with Crippen LogP contribution in [0.15, 0.2) is 35.8 Å². The number of guanidine groups is 1. The fraction of sp³-hybridized carbons (Fsp3) is 0.231. The summed E-state index contributed by atoms with van der Waals surface area (Å²) in [4.78, 5) is 11.9. The Bertz CT molecular complexity index is 588. The summed E-state index contributed by atoms with van der Waals surface area (Å²) in [6, 6.07) is 6.04. The number of nitrogens with two attached hydrogens (primary N) is 1. The highest BCUT2D eigenvalue weighted by molar-refractivity contribution is 14.0. The molecule has 1 aromatic carbocycles. The lowest BCUT2D eigenvalue weighted by Crippen LogP contribution is -2.31. The van der Waals surface area contributed by atoms with Crippen molar-refractivity contribution in [2.75, 3.05) is 6.54 Å². The number of fused-ring (bicyclic) bond motifs is 1. The lowest BCUT2D eigenvalue weighted by molar-refractivity contribution is 0.921. The first-order chi connectivity index (χ1) is 8.70. The standard InChI is InChI=1S/C13H17N5.HI/c1-3-7-15-13(14)16-8-11-17-10-6-4-5-9(2)12(10)18-11;/h3-6H,1,7-8H2,2H3,(H,17,18)(H3,14,15,16);1H. The van der Waals surface area contributed by atoms with E-state index in [0.717, 1.165) is 22.4 Å². The number of hydrogen-bond acceptors (Lipinski definition) is 2. The number of aryl methyl sites for hydroxylation is 1. The predicted octanol–water partition coefficient (Wildman–Crippen LogP) is 2.08. The molecule has 1 aromatic heterocycles. The second-order valence-corrected chi connectivity index (χ2v) is 4.03. The molecule has 4 N–H and O–H groups in total. The number of benzene rings is 1. The van der Waals surface area contributed by atoms with E-state index in [4.69, 9.17) is 5.73 Å². The number of imidazole rings is 1. The lowest BCUT2D eigenvalue weighted by atomic mass is 10.2. The molecule has 5 nitrogen and oxygen atoms in total. The van der Waals surface area contributed by atoms with Crippen molar-refractivity contribution in [3.63, 3.8) is 0 Å². The first-order valence-corrected chi connectivity index (χ1v) is 5.79. The molecule has 1 heterocycles. The Morgan fingerprint density at radius 2 is 2.37 bits per heavy atom. The highest BCUT2D eigenvalue weighted by atomic mass is 127. The van der Waals surface area contributed by atoms with Gasteiger partial charge >= 0.3 is 0 Å². The predicted molar refractivity (Wildman–Crippen MR) is 89.8 cm³/mol. The third kappa shape index (κ3) is 3.95. The van der Waals surface area contributed by atoms with Crippen LogP contribution in [0, 0.1) is 6.92 Å². The average Bonchev–Trinajstić information content (AvgIpc) is 2.78. The zero-order valence-electron chi connectivity index (χ0n) is 10.8. The van der Waals surface area contributed by atoms with Crippen molar-refractivity contribution in [2.24, 2.45) is 10.7 Å². The number of nitrogens with zero attached hydrogens (tertiary/aromatic N) is 2. The summed E-state index contributed by atoms with van der Waals surface area (Å²) in [5.41, 5.74) is 8.84. The quantitative estimate of drug-likeness (QED) is 0.333. The number of para-hydroxylation sites is 1. The molecule has 0 aliphatic heterocycles. The molecule has 102 valence electrons. The molecule has 0 spiro atoms. The summed E-state index contributed by atoms with van der Waals surface area (Å²) in [5, 5.41) is 2.92. The molecule has 2 aromatic rings. The number of aliphatic imine (C=N–C) groups is 1. The zero-order chi connectivity index (χ0) is 13.0. The second kappa shape index (κ2) is 7.13. The van der Waals surface area contributed by atoms with Crippen molar-refractivity contribution in [3.8, 4) is 0 Å². The summed E-state index contributed by atoms with van der Waals surface area (Å²) in [5.74, 6) is 1.20. The Labute approximate surface area is 129 Å². The van der Waals surface area contributed by atoms with Crippen LogP contribution in [0.4, 0.5) is 0 Å². The van der Waals surface area contributed by atoms with Gasteiger partial charge in [0.2, 0.25) is 0 Å². The molecule has 0 aliphatic rings. The lowest BCUT2D eigenvalue weighted by Gasteiger charge is -2.00. The highest BCUT2D eigenvalue weighted by Gasteiger charge is 2.03. The molecular formula is C13H18IN5. The molecule has 0 atom stereocenters. The van der Waals surface area contributed by atoms with Crippen LogP contribution >= 0.6 is 24.0 Å². The molecule has 0 aliphatic carbocycles. The average molecular weight is 371 g/mol. The number of nitrogens with one attached hydrogen (secondary N) is 2. The van der Waals surface area contributed by atoms with Gasteiger partial charge in [0.05, 0.1) is 11.0 Å². The Balaban J connectivity index is 0.00000180. The monoisotopic (exact) mass is 371 g/mol. The van der Waals surface area contributed by atoms with Crippen molar-refractivity contribution < 1.29 is 0 Å². The van der Waals surface area contributed by atoms with Gasteiger partial charge in [-0.3, -0.25) is 0 Å². The van der Waals surface area contributed by atoms with Gasteiger partial charge in [-0.25, -0.2) is 9.98 Å². The summed E-state index contributed by atoms with van der Waals surface area (Å²) in [7, 11) is 0. The maximum Gasteiger partial charge on any atom is 0.189 e. The summed E-state index contributed by atoms with van der Waals surface area (Å²) in [6.45, 7) is 6.68. The van der Waals surface area contributed by atoms with E-state index in [2.05, 4.69) is 26.9 Å². The molecule has 0 saturated carbocycles. The van der Waals surface area contributed by atoms with Crippen molar-refractivity contribution in [1.82, 2.24) is 15.3 Å². The molecule has 19 heavy (non-hydrogen) atoms. The number of H-pyrrole nitrogens is 1. The fourth-order valence-corrected chi connectivity index (χ4v) is 1.69. The normalized spacial score (nSPS) is 11.1. The van der Waals surface area contributed by atoms with Crippen molar-refractivity contribution >= 4 is 41.0 Å². The van der Waals surface area contributed by atoms with Crippen LogP contribution in [0.1, 0.15) is 11.4 Å². The number of aromatic amines is 1. The number of rotatable bonds is 4. The molecule has 0 saturated heterocycles. The van der Waals surface area contributed by atoms with E-state index < -0.39 is 0 Å². The van der Waals surface area contributed by atoms with Crippen molar-refractivity contribution in [1.29, 1.82) is 0 Å². The third-order valence-corrected chi connectivity index (χ3v) is 2.59. The third-order valence-electron chi connectivity index (χ3n) is 2.59. The Hall–Kier alpha value is -1.57. The van der Waals surface area contributed by atoms with E-state index >= 15 is 0 Å². The maximum atomic E-state index is 5.68. The number of halogens is 1. The van der Waals surface area contributed by atoms with Gasteiger partial charge in [0.1, 0.15) is 12.4 Å². The second-order valence-electron chi connectivity index (χ2n) is 4.03. The SMILES string of the molecule is C=CCNC(N)=NCc1nc2c(C)cccc2[nH]1.I. The molecule has 6 heteroatoms. The first-order valence-electron chi connectivity index (χ1n) is 5.79. The van der Waals surface area contributed by atoms with Gasteiger partial charge in [0.15, 0.2) is 5.96 Å². The van der Waals surface area contributed by atoms with Gasteiger partial charge < -0.3 is 16.0 Å². The van der Waals surface area contributed by atoms with Gasteiger partial charge in [0, 0.05) is 6.54 Å². The van der Waals surface area contributed by atoms with Gasteiger partial charge in [-0.2, -0.15) is 0 Å². The van der Waals surface area contributed by atoms with Gasteiger partial charge in [-0.1, -0.05) is 18.2 Å². The number of hydrogen-bond donors (Lipinski definition) is 3. The van der Waals surface area contributed by atoms with Gasteiger partial charge in [-0.05, 0) is 18.6 Å². The molecule has 0 unspecified atom stereocenters. The van der Waals surface area contributed by atoms with E-state index in [1.165, 1.54) is 0 Å². The Morgan fingerprint density at radius 3 is 3.05 bits per heavy atom. The highest BCUT2D eigenvalue weighted by Crippen LogP contribution is 2.15. The van der Waals surface area contributed by atoms with Crippen LogP contribution in [-0.4, -0.2) is 22.5 Å². The van der Waals surface area contributed by atoms with Crippen LogP contribution in [0.5, 0.6) is 0 Å². The molecule has 2 rings (SSSR count). The largest absolute Gasteiger partial charge is 0.370 e. The molecule has 0 bridgehead atoms. The van der Waals surface area contributed by atoms with E-state index in [1.807, 2.05) is 25.1 Å². The summed E-state index contributed by atoms with van der Waals surface area (Å²) < 4.78 is 0. The van der Waals surface area contributed by atoms with Gasteiger partial charge in [0.25, 0.3) is 0 Å². The molecule has 0 radical (unpaired) electrons. The summed E-state index contributed by atoms with van der Waals surface area (Å²) in [6.07, 6.45) is 1.73. The van der Waals surface area contributed by atoms with E-state index in [9.17, 15) is 0 Å². The Kier molecular flexibility index (Phi) is 5.81. The minimum absolute atomic E-state index is 0. The number of aromatic nitrogens is 2. The maximum absolute atomic E-state index is 5.68.